The Hall–Kier alpha value is -1.07. The quantitative estimate of drug-likeness (QED) is 0.829. The Balaban J connectivity index is 1.78. The standard InChI is InChI=1S/C14H17BrN2O2/c15-9-2-3-10(13(18)5-9)14(19)17-6-8-1-4-12(16)11(8)7-17/h2-3,5,8,11-12,18H,1,4,6-7,16H2. The smallest absolute Gasteiger partial charge is 0.257 e. The first-order valence-electron chi connectivity index (χ1n) is 6.59. The third-order valence-electron chi connectivity index (χ3n) is 4.39. The molecule has 0 spiro atoms. The number of rotatable bonds is 1. The third-order valence-corrected chi connectivity index (χ3v) is 4.88. The molecule has 1 heterocycles. The highest BCUT2D eigenvalue weighted by atomic mass is 79.9. The second-order valence-electron chi connectivity index (χ2n) is 5.54. The molecule has 3 rings (SSSR count). The molecular formula is C14H17BrN2O2. The molecule has 5 heteroatoms. The number of nitrogens with zero attached hydrogens (tertiary/aromatic N) is 1. The van der Waals surface area contributed by atoms with E-state index in [1.54, 1.807) is 18.2 Å². The summed E-state index contributed by atoms with van der Waals surface area (Å²) in [5.74, 6) is 0.908. The van der Waals surface area contributed by atoms with Gasteiger partial charge in [0.25, 0.3) is 5.91 Å². The lowest BCUT2D eigenvalue weighted by molar-refractivity contribution is 0.0776. The predicted molar refractivity (Wildman–Crippen MR) is 75.9 cm³/mol. The predicted octanol–water partition coefficient (Wildman–Crippen LogP) is 1.96. The zero-order valence-corrected chi connectivity index (χ0v) is 12.1. The summed E-state index contributed by atoms with van der Waals surface area (Å²) in [5.41, 5.74) is 6.45. The molecule has 3 N–H and O–H groups in total. The lowest BCUT2D eigenvalue weighted by atomic mass is 9.98. The van der Waals surface area contributed by atoms with Crippen LogP contribution in [-0.2, 0) is 0 Å². The molecule has 0 radical (unpaired) electrons. The van der Waals surface area contributed by atoms with Crippen molar-refractivity contribution in [2.75, 3.05) is 13.1 Å². The lowest BCUT2D eigenvalue weighted by Crippen LogP contribution is -2.33. The fourth-order valence-electron chi connectivity index (χ4n) is 3.33. The second kappa shape index (κ2) is 4.80. The maximum atomic E-state index is 12.4. The fraction of sp³-hybridized carbons (Fsp3) is 0.500. The maximum absolute atomic E-state index is 12.4. The van der Waals surface area contributed by atoms with Gasteiger partial charge in [0.05, 0.1) is 5.56 Å². The minimum Gasteiger partial charge on any atom is -0.507 e. The highest BCUT2D eigenvalue weighted by molar-refractivity contribution is 9.10. The van der Waals surface area contributed by atoms with Crippen LogP contribution in [0.2, 0.25) is 0 Å². The molecule has 1 aliphatic heterocycles. The zero-order valence-electron chi connectivity index (χ0n) is 10.6. The number of hydrogen-bond acceptors (Lipinski definition) is 3. The molecule has 0 bridgehead atoms. The molecule has 1 aliphatic carbocycles. The van der Waals surface area contributed by atoms with E-state index in [1.807, 2.05) is 4.90 Å². The van der Waals surface area contributed by atoms with Crippen molar-refractivity contribution in [3.8, 4) is 5.75 Å². The molecule has 3 unspecified atom stereocenters. The van der Waals surface area contributed by atoms with E-state index in [0.29, 0.717) is 17.4 Å². The molecule has 2 aliphatic rings. The first kappa shape index (κ1) is 12.9. The summed E-state index contributed by atoms with van der Waals surface area (Å²) >= 11 is 3.27. The van der Waals surface area contributed by atoms with Gasteiger partial charge in [0.2, 0.25) is 0 Å². The Morgan fingerprint density at radius 3 is 2.84 bits per heavy atom. The molecule has 2 fully saturated rings. The molecule has 1 aromatic rings. The van der Waals surface area contributed by atoms with Crippen LogP contribution in [0.5, 0.6) is 5.75 Å². The number of carbonyl (C=O) groups is 1. The van der Waals surface area contributed by atoms with Crippen molar-refractivity contribution in [3.05, 3.63) is 28.2 Å². The SMILES string of the molecule is NC1CCC2CN(C(=O)c3ccc(Br)cc3O)CC12. The Labute approximate surface area is 120 Å². The van der Waals surface area contributed by atoms with Gasteiger partial charge in [0.1, 0.15) is 5.75 Å². The minimum absolute atomic E-state index is 0.0285. The van der Waals surface area contributed by atoms with Gasteiger partial charge in [0, 0.05) is 23.6 Å². The van der Waals surface area contributed by atoms with Crippen LogP contribution in [0.4, 0.5) is 0 Å². The van der Waals surface area contributed by atoms with Gasteiger partial charge in [-0.1, -0.05) is 15.9 Å². The van der Waals surface area contributed by atoms with E-state index in [1.165, 1.54) is 0 Å². The number of benzene rings is 1. The normalized spacial score (nSPS) is 29.6. The summed E-state index contributed by atoms with van der Waals surface area (Å²) in [6.45, 7) is 1.49. The molecular weight excluding hydrogens is 308 g/mol. The number of hydrogen-bond donors (Lipinski definition) is 2. The summed E-state index contributed by atoms with van der Waals surface area (Å²) in [7, 11) is 0. The first-order chi connectivity index (χ1) is 9.06. The van der Waals surface area contributed by atoms with Gasteiger partial charge in [-0.05, 0) is 42.9 Å². The highest BCUT2D eigenvalue weighted by Crippen LogP contribution is 2.38. The van der Waals surface area contributed by atoms with Crippen molar-refractivity contribution < 1.29 is 9.90 Å². The van der Waals surface area contributed by atoms with Crippen LogP contribution >= 0.6 is 15.9 Å². The van der Waals surface area contributed by atoms with Crippen LogP contribution in [-0.4, -0.2) is 35.0 Å². The number of phenolic OH excluding ortho intramolecular Hbond substituents is 1. The van der Waals surface area contributed by atoms with E-state index < -0.39 is 0 Å². The van der Waals surface area contributed by atoms with Crippen LogP contribution < -0.4 is 5.73 Å². The number of likely N-dealkylation sites (tertiary alicyclic amines) is 1. The van der Waals surface area contributed by atoms with Crippen LogP contribution in [0.1, 0.15) is 23.2 Å². The Morgan fingerprint density at radius 1 is 1.37 bits per heavy atom. The minimum atomic E-state index is -0.0911. The van der Waals surface area contributed by atoms with Crippen molar-refractivity contribution in [1.29, 1.82) is 0 Å². The van der Waals surface area contributed by atoms with Crippen LogP contribution in [0, 0.1) is 11.8 Å². The Morgan fingerprint density at radius 2 is 2.16 bits per heavy atom. The van der Waals surface area contributed by atoms with Crippen LogP contribution in [0.25, 0.3) is 0 Å². The van der Waals surface area contributed by atoms with Gasteiger partial charge >= 0.3 is 0 Å². The number of aromatic hydroxyl groups is 1. The summed E-state index contributed by atoms with van der Waals surface area (Å²) in [4.78, 5) is 14.3. The number of halogens is 1. The largest absolute Gasteiger partial charge is 0.507 e. The van der Waals surface area contributed by atoms with E-state index in [4.69, 9.17) is 5.73 Å². The van der Waals surface area contributed by atoms with Gasteiger partial charge in [0.15, 0.2) is 0 Å². The Bertz CT molecular complexity index is 520. The number of nitrogens with two attached hydrogens (primary N) is 1. The number of carbonyl (C=O) groups excluding carboxylic acids is 1. The molecule has 102 valence electrons. The molecule has 1 amide bonds. The van der Waals surface area contributed by atoms with Crippen molar-refractivity contribution in [1.82, 2.24) is 4.90 Å². The molecule has 1 saturated heterocycles. The van der Waals surface area contributed by atoms with Gasteiger partial charge in [-0.15, -0.1) is 0 Å². The van der Waals surface area contributed by atoms with E-state index >= 15 is 0 Å². The van der Waals surface area contributed by atoms with E-state index in [-0.39, 0.29) is 17.7 Å². The number of amides is 1. The molecule has 19 heavy (non-hydrogen) atoms. The zero-order chi connectivity index (χ0) is 13.6. The van der Waals surface area contributed by atoms with Crippen molar-refractivity contribution in [2.45, 2.75) is 18.9 Å². The average Bonchev–Trinajstić information content (AvgIpc) is 2.91. The Kier molecular flexibility index (Phi) is 3.27. The van der Waals surface area contributed by atoms with Gasteiger partial charge in [-0.3, -0.25) is 4.79 Å². The van der Waals surface area contributed by atoms with Crippen molar-refractivity contribution in [2.24, 2.45) is 17.6 Å². The summed E-state index contributed by atoms with van der Waals surface area (Å²) in [6.07, 6.45) is 2.18. The molecule has 3 atom stereocenters. The third kappa shape index (κ3) is 2.25. The molecule has 1 aromatic carbocycles. The highest BCUT2D eigenvalue weighted by Gasteiger charge is 2.42. The van der Waals surface area contributed by atoms with Crippen LogP contribution in [0.15, 0.2) is 22.7 Å². The molecule has 4 nitrogen and oxygen atoms in total. The van der Waals surface area contributed by atoms with Crippen molar-refractivity contribution in [3.63, 3.8) is 0 Å². The summed E-state index contributed by atoms with van der Waals surface area (Å²) < 4.78 is 0.766. The van der Waals surface area contributed by atoms with E-state index in [0.717, 1.165) is 30.4 Å². The lowest BCUT2D eigenvalue weighted by Gasteiger charge is -2.19. The number of fused-ring (bicyclic) bond motifs is 1. The van der Waals surface area contributed by atoms with Gasteiger partial charge in [-0.25, -0.2) is 0 Å². The molecule has 0 aromatic heterocycles. The number of phenols is 1. The fourth-order valence-corrected chi connectivity index (χ4v) is 3.68. The molecule has 1 saturated carbocycles. The van der Waals surface area contributed by atoms with E-state index in [2.05, 4.69) is 15.9 Å². The van der Waals surface area contributed by atoms with E-state index in [9.17, 15) is 9.90 Å². The second-order valence-corrected chi connectivity index (χ2v) is 6.45. The average molecular weight is 325 g/mol. The van der Waals surface area contributed by atoms with Gasteiger partial charge < -0.3 is 15.7 Å². The summed E-state index contributed by atoms with van der Waals surface area (Å²) in [5, 5.41) is 9.87. The maximum Gasteiger partial charge on any atom is 0.257 e. The monoisotopic (exact) mass is 324 g/mol. The topological polar surface area (TPSA) is 66.6 Å². The van der Waals surface area contributed by atoms with Crippen LogP contribution in [0.3, 0.4) is 0 Å². The summed E-state index contributed by atoms with van der Waals surface area (Å²) in [6, 6.07) is 5.21. The first-order valence-corrected chi connectivity index (χ1v) is 7.39. The van der Waals surface area contributed by atoms with Gasteiger partial charge in [-0.2, -0.15) is 0 Å². The van der Waals surface area contributed by atoms with Crippen molar-refractivity contribution >= 4 is 21.8 Å².